The quantitative estimate of drug-likeness (QED) is 0.248. The predicted molar refractivity (Wildman–Crippen MR) is 63.5 cm³/mol. The highest BCUT2D eigenvalue weighted by Crippen LogP contribution is 2.02. The molecule has 0 spiro atoms. The topological polar surface area (TPSA) is 122 Å². The van der Waals surface area contributed by atoms with Crippen LogP contribution in [0.15, 0.2) is 5.29 Å². The summed E-state index contributed by atoms with van der Waals surface area (Å²) in [6, 6.07) is -1.18. The largest absolute Gasteiger partial charge is 0.480 e. The molecule has 0 fully saturated rings. The van der Waals surface area contributed by atoms with Crippen LogP contribution >= 0.6 is 0 Å². The highest BCUT2D eigenvalue weighted by atomic mass is 16.5. The smallest absolute Gasteiger partial charge is 0.324 e. The van der Waals surface area contributed by atoms with Crippen LogP contribution in [0.4, 0.5) is 0 Å². The van der Waals surface area contributed by atoms with E-state index in [1.807, 2.05) is 0 Å². The van der Waals surface area contributed by atoms with Crippen molar-refractivity contribution in [3.8, 4) is 0 Å². The Morgan fingerprint density at radius 1 is 1.39 bits per heavy atom. The van der Waals surface area contributed by atoms with Gasteiger partial charge in [-0.1, -0.05) is 6.42 Å². The second-order valence-electron chi connectivity index (χ2n) is 3.90. The van der Waals surface area contributed by atoms with E-state index in [1.165, 1.54) is 5.01 Å². The van der Waals surface area contributed by atoms with Crippen molar-refractivity contribution >= 4 is 11.9 Å². The standard InChI is InChI=1S/C10H19N3O5/c1-13(12-17)6-4-2-3-5-9(14)18-7-8(11)10(15)16/h8H,2-7,11H2,1H3,(H,15,16)/t8-/m0/s1. The van der Waals surface area contributed by atoms with E-state index in [4.69, 9.17) is 15.6 Å². The van der Waals surface area contributed by atoms with Crippen LogP contribution in [0.1, 0.15) is 25.7 Å². The van der Waals surface area contributed by atoms with Crippen LogP contribution in [0.2, 0.25) is 0 Å². The molecule has 104 valence electrons. The number of carboxylic acids is 1. The number of hydrogen-bond acceptors (Lipinski definition) is 6. The zero-order valence-electron chi connectivity index (χ0n) is 10.4. The van der Waals surface area contributed by atoms with Crippen molar-refractivity contribution in [1.29, 1.82) is 0 Å². The zero-order valence-corrected chi connectivity index (χ0v) is 10.4. The number of hydrogen-bond donors (Lipinski definition) is 2. The number of nitrogens with zero attached hydrogens (tertiary/aromatic N) is 2. The Bertz CT molecular complexity index is 285. The van der Waals surface area contributed by atoms with E-state index in [0.29, 0.717) is 13.0 Å². The van der Waals surface area contributed by atoms with E-state index >= 15 is 0 Å². The number of aliphatic carboxylic acids is 1. The molecule has 0 aliphatic rings. The first-order chi connectivity index (χ1) is 8.47. The fourth-order valence-corrected chi connectivity index (χ4v) is 1.15. The van der Waals surface area contributed by atoms with Gasteiger partial charge in [-0.15, -0.1) is 4.91 Å². The maximum atomic E-state index is 11.2. The number of nitrogens with two attached hydrogens (primary N) is 1. The van der Waals surface area contributed by atoms with Crippen molar-refractivity contribution in [3.63, 3.8) is 0 Å². The lowest BCUT2D eigenvalue weighted by Gasteiger charge is -2.09. The number of carboxylic acid groups (broad SMARTS) is 1. The number of carbonyl (C=O) groups excluding carboxylic acids is 1. The number of esters is 1. The van der Waals surface area contributed by atoms with E-state index in [0.717, 1.165) is 12.8 Å². The summed E-state index contributed by atoms with van der Waals surface area (Å²) in [6.07, 6.45) is 2.35. The molecule has 8 nitrogen and oxygen atoms in total. The van der Waals surface area contributed by atoms with E-state index in [9.17, 15) is 14.5 Å². The highest BCUT2D eigenvalue weighted by molar-refractivity contribution is 5.74. The van der Waals surface area contributed by atoms with Crippen LogP contribution in [-0.2, 0) is 14.3 Å². The van der Waals surface area contributed by atoms with E-state index in [1.54, 1.807) is 7.05 Å². The van der Waals surface area contributed by atoms with Crippen LogP contribution in [0.25, 0.3) is 0 Å². The Kier molecular flexibility index (Phi) is 8.46. The van der Waals surface area contributed by atoms with Gasteiger partial charge in [0.15, 0.2) is 0 Å². The molecule has 0 rings (SSSR count). The van der Waals surface area contributed by atoms with Crippen LogP contribution < -0.4 is 5.73 Å². The summed E-state index contributed by atoms with van der Waals surface area (Å²) in [5.74, 6) is -1.67. The Morgan fingerprint density at radius 3 is 2.61 bits per heavy atom. The van der Waals surface area contributed by atoms with E-state index in [2.05, 4.69) is 5.29 Å². The van der Waals surface area contributed by atoms with Gasteiger partial charge in [-0.2, -0.15) is 0 Å². The van der Waals surface area contributed by atoms with Gasteiger partial charge in [0.1, 0.15) is 12.6 Å². The first-order valence-electron chi connectivity index (χ1n) is 5.65. The Balaban J connectivity index is 3.48. The molecule has 8 heteroatoms. The van der Waals surface area contributed by atoms with Crippen molar-refractivity contribution in [1.82, 2.24) is 5.01 Å². The van der Waals surface area contributed by atoms with Gasteiger partial charge < -0.3 is 15.6 Å². The predicted octanol–water partition coefficient (Wildman–Crippen LogP) is 0.115. The Hall–Kier alpha value is -1.70. The molecule has 0 bridgehead atoms. The summed E-state index contributed by atoms with van der Waals surface area (Å²) in [6.45, 7) is 0.231. The minimum atomic E-state index is -1.20. The summed E-state index contributed by atoms with van der Waals surface area (Å²) < 4.78 is 4.69. The van der Waals surface area contributed by atoms with Crippen molar-refractivity contribution in [2.45, 2.75) is 31.7 Å². The number of carbonyl (C=O) groups is 2. The van der Waals surface area contributed by atoms with Crippen LogP contribution in [0.3, 0.4) is 0 Å². The average Bonchev–Trinajstić information content (AvgIpc) is 2.34. The molecule has 0 heterocycles. The SMILES string of the molecule is CN(CCCCCC(=O)OC[C@H](N)C(=O)O)N=O. The summed E-state index contributed by atoms with van der Waals surface area (Å²) in [5, 5.41) is 12.5. The molecule has 1 atom stereocenters. The Morgan fingerprint density at radius 2 is 2.06 bits per heavy atom. The molecule has 0 saturated heterocycles. The molecule has 18 heavy (non-hydrogen) atoms. The monoisotopic (exact) mass is 261 g/mol. The van der Waals surface area contributed by atoms with Crippen molar-refractivity contribution in [2.24, 2.45) is 11.0 Å². The fraction of sp³-hybridized carbons (Fsp3) is 0.800. The molecule has 0 radical (unpaired) electrons. The average molecular weight is 261 g/mol. The molecule has 0 aromatic rings. The van der Waals surface area contributed by atoms with Crippen molar-refractivity contribution in [3.05, 3.63) is 4.91 Å². The molecule has 0 aromatic carbocycles. The lowest BCUT2D eigenvalue weighted by molar-refractivity contribution is -0.147. The molecular formula is C10H19N3O5. The lowest BCUT2D eigenvalue weighted by Crippen LogP contribution is -2.35. The third-order valence-corrected chi connectivity index (χ3v) is 2.24. The number of nitroso groups, excluding NO2 is 1. The minimum Gasteiger partial charge on any atom is -0.480 e. The Labute approximate surface area is 105 Å². The van der Waals surface area contributed by atoms with Gasteiger partial charge in [0.25, 0.3) is 0 Å². The van der Waals surface area contributed by atoms with Gasteiger partial charge in [-0.05, 0) is 12.8 Å². The van der Waals surface area contributed by atoms with E-state index in [-0.39, 0.29) is 13.0 Å². The lowest BCUT2D eigenvalue weighted by atomic mass is 10.2. The minimum absolute atomic E-state index is 0.213. The molecule has 0 unspecified atom stereocenters. The van der Waals surface area contributed by atoms with Crippen LogP contribution in [0.5, 0.6) is 0 Å². The van der Waals surface area contributed by atoms with Gasteiger partial charge >= 0.3 is 11.9 Å². The van der Waals surface area contributed by atoms with Crippen molar-refractivity contribution in [2.75, 3.05) is 20.2 Å². The molecule has 0 aromatic heterocycles. The zero-order chi connectivity index (χ0) is 14.0. The first-order valence-corrected chi connectivity index (χ1v) is 5.65. The van der Waals surface area contributed by atoms with Gasteiger partial charge in [0.2, 0.25) is 0 Å². The molecule has 3 N–H and O–H groups in total. The molecule has 0 aliphatic heterocycles. The summed E-state index contributed by atoms with van der Waals surface area (Å²) in [5.41, 5.74) is 5.17. The third kappa shape index (κ3) is 8.45. The summed E-state index contributed by atoms with van der Waals surface area (Å²) in [7, 11) is 1.58. The second-order valence-corrected chi connectivity index (χ2v) is 3.90. The van der Waals surface area contributed by atoms with Gasteiger partial charge in [-0.25, -0.2) is 0 Å². The second kappa shape index (κ2) is 9.34. The number of unbranched alkanes of at least 4 members (excludes halogenated alkanes) is 2. The molecular weight excluding hydrogens is 242 g/mol. The summed E-state index contributed by atoms with van der Waals surface area (Å²) >= 11 is 0. The maximum Gasteiger partial charge on any atom is 0.324 e. The summed E-state index contributed by atoms with van der Waals surface area (Å²) in [4.78, 5) is 31.5. The number of ether oxygens (including phenoxy) is 1. The normalized spacial score (nSPS) is 11.7. The first kappa shape index (κ1) is 16.3. The van der Waals surface area contributed by atoms with E-state index < -0.39 is 18.0 Å². The third-order valence-electron chi connectivity index (χ3n) is 2.24. The van der Waals surface area contributed by atoms with Crippen LogP contribution in [-0.4, -0.2) is 48.3 Å². The molecule has 0 aliphatic carbocycles. The fourth-order valence-electron chi connectivity index (χ4n) is 1.15. The van der Waals surface area contributed by atoms with Crippen LogP contribution in [0, 0.1) is 4.91 Å². The van der Waals surface area contributed by atoms with Gasteiger partial charge in [-0.3, -0.25) is 14.6 Å². The molecule has 0 amide bonds. The van der Waals surface area contributed by atoms with Crippen molar-refractivity contribution < 1.29 is 19.4 Å². The maximum absolute atomic E-state index is 11.2. The number of rotatable bonds is 10. The highest BCUT2D eigenvalue weighted by Gasteiger charge is 2.13. The van der Waals surface area contributed by atoms with Gasteiger partial charge in [0.05, 0.1) is 5.29 Å². The molecule has 0 saturated carbocycles. The van der Waals surface area contributed by atoms with Gasteiger partial charge in [0, 0.05) is 20.0 Å².